The van der Waals surface area contributed by atoms with Crippen LogP contribution in [0.25, 0.3) is 0 Å². The van der Waals surface area contributed by atoms with Crippen LogP contribution in [0.2, 0.25) is 0 Å². The van der Waals surface area contributed by atoms with E-state index < -0.39 is 23.8 Å². The fourth-order valence-electron chi connectivity index (χ4n) is 3.42. The molecule has 1 aromatic heterocycles. The van der Waals surface area contributed by atoms with Crippen LogP contribution in [0.1, 0.15) is 21.7 Å². The highest BCUT2D eigenvalue weighted by atomic mass is 16.5. The summed E-state index contributed by atoms with van der Waals surface area (Å²) in [5.74, 6) is -0.887. The highest BCUT2D eigenvalue weighted by molar-refractivity contribution is 6.00. The van der Waals surface area contributed by atoms with Gasteiger partial charge in [0.2, 0.25) is 17.6 Å². The average Bonchev–Trinajstić information content (AvgIpc) is 3.36. The Morgan fingerprint density at radius 1 is 0.946 bits per heavy atom. The lowest BCUT2D eigenvalue weighted by Crippen LogP contribution is -2.40. The number of aliphatic imine (C=N–C) groups is 1. The number of nitrogens with one attached hydrogen (secondary N) is 2. The number of carbonyl (C=O) groups is 3. The van der Waals surface area contributed by atoms with Gasteiger partial charge in [0.15, 0.2) is 17.5 Å². The van der Waals surface area contributed by atoms with Crippen molar-refractivity contribution in [2.45, 2.75) is 18.9 Å². The van der Waals surface area contributed by atoms with Gasteiger partial charge in [0, 0.05) is 12.5 Å². The zero-order valence-corrected chi connectivity index (χ0v) is 20.6. The molecule has 2 aromatic carbocycles. The molecule has 0 saturated carbocycles. The van der Waals surface area contributed by atoms with E-state index in [9.17, 15) is 14.4 Å². The summed E-state index contributed by atoms with van der Waals surface area (Å²) in [5.41, 5.74) is 7.48. The Balaban J connectivity index is 1.73. The van der Waals surface area contributed by atoms with E-state index in [0.29, 0.717) is 17.1 Å². The van der Waals surface area contributed by atoms with Crippen LogP contribution < -0.4 is 25.8 Å². The predicted octanol–water partition coefficient (Wildman–Crippen LogP) is 2.31. The summed E-state index contributed by atoms with van der Waals surface area (Å²) in [5, 5.41) is 5.08. The molecule has 1 heterocycles. The number of carbonyl (C=O) groups excluding carboxylic acids is 3. The van der Waals surface area contributed by atoms with E-state index in [2.05, 4.69) is 20.4 Å². The second-order valence-corrected chi connectivity index (χ2v) is 7.78. The molecule has 0 spiro atoms. The van der Waals surface area contributed by atoms with Crippen molar-refractivity contribution in [3.05, 3.63) is 77.6 Å². The third kappa shape index (κ3) is 7.59. The summed E-state index contributed by atoms with van der Waals surface area (Å²) in [6, 6.07) is 16.1. The van der Waals surface area contributed by atoms with E-state index in [1.54, 1.807) is 18.2 Å². The minimum absolute atomic E-state index is 0.00514. The van der Waals surface area contributed by atoms with E-state index in [1.165, 1.54) is 33.5 Å². The molecular weight excluding hydrogens is 480 g/mol. The molecule has 0 aliphatic carbocycles. The van der Waals surface area contributed by atoms with E-state index in [0.717, 1.165) is 5.56 Å². The summed E-state index contributed by atoms with van der Waals surface area (Å²) in [4.78, 5) is 41.4. The zero-order valence-electron chi connectivity index (χ0n) is 20.6. The van der Waals surface area contributed by atoms with Crippen LogP contribution in [0.4, 0.5) is 5.88 Å². The van der Waals surface area contributed by atoms with Gasteiger partial charge in [-0.05, 0) is 29.3 Å². The number of hydrogen-bond donors (Lipinski definition) is 3. The number of nitrogens with zero attached hydrogens (tertiary/aromatic N) is 1. The summed E-state index contributed by atoms with van der Waals surface area (Å²) in [6.45, 7) is 0. The Hall–Kier alpha value is -4.80. The van der Waals surface area contributed by atoms with Gasteiger partial charge in [-0.1, -0.05) is 36.4 Å². The number of amides is 2. The fraction of sp³-hybridized carbons (Fsp3) is 0.231. The Kier molecular flexibility index (Phi) is 9.25. The molecule has 2 amide bonds. The number of anilines is 1. The summed E-state index contributed by atoms with van der Waals surface area (Å²) < 4.78 is 20.4. The maximum absolute atomic E-state index is 13.0. The number of furan rings is 1. The van der Waals surface area contributed by atoms with Crippen LogP contribution in [0, 0.1) is 0 Å². The minimum Gasteiger partial charge on any atom is -0.493 e. The normalized spacial score (nSPS) is 11.8. The third-order valence-corrected chi connectivity index (χ3v) is 5.19. The molecule has 4 N–H and O–H groups in total. The smallest absolute Gasteiger partial charge is 0.374 e. The van der Waals surface area contributed by atoms with Crippen LogP contribution in [-0.4, -0.2) is 51.1 Å². The van der Waals surface area contributed by atoms with Gasteiger partial charge >= 0.3 is 5.97 Å². The first kappa shape index (κ1) is 26.8. The number of ether oxygens (including phenoxy) is 3. The molecule has 0 fully saturated rings. The molecule has 1 unspecified atom stereocenters. The first-order valence-electron chi connectivity index (χ1n) is 11.2. The third-order valence-electron chi connectivity index (χ3n) is 5.19. The van der Waals surface area contributed by atoms with E-state index in [1.807, 2.05) is 30.3 Å². The summed E-state index contributed by atoms with van der Waals surface area (Å²) in [6.07, 6.45) is 0.193. The Morgan fingerprint density at radius 2 is 1.68 bits per heavy atom. The molecule has 0 saturated heterocycles. The highest BCUT2D eigenvalue weighted by Crippen LogP contribution is 2.27. The molecule has 37 heavy (non-hydrogen) atoms. The van der Waals surface area contributed by atoms with Gasteiger partial charge in [-0.3, -0.25) is 20.2 Å². The van der Waals surface area contributed by atoms with Gasteiger partial charge in [-0.15, -0.1) is 0 Å². The average molecular weight is 509 g/mol. The maximum atomic E-state index is 13.0. The maximum Gasteiger partial charge on any atom is 0.374 e. The molecule has 0 bridgehead atoms. The van der Waals surface area contributed by atoms with Crippen LogP contribution in [-0.2, 0) is 27.2 Å². The first-order valence-corrected chi connectivity index (χ1v) is 11.2. The SMILES string of the molecule is COC(=O)c1ccc(NC(=O)C(Cc2ccccc2)N=C(N)NC(=O)Cc2ccc(OC)c(OC)c2)o1. The van der Waals surface area contributed by atoms with Crippen molar-refractivity contribution in [2.24, 2.45) is 10.7 Å². The van der Waals surface area contributed by atoms with Gasteiger partial charge < -0.3 is 24.4 Å². The monoisotopic (exact) mass is 508 g/mol. The van der Waals surface area contributed by atoms with Crippen molar-refractivity contribution >= 4 is 29.6 Å². The van der Waals surface area contributed by atoms with Crippen LogP contribution >= 0.6 is 0 Å². The van der Waals surface area contributed by atoms with Crippen molar-refractivity contribution in [1.29, 1.82) is 0 Å². The number of benzene rings is 2. The second kappa shape index (κ2) is 12.8. The Morgan fingerprint density at radius 3 is 2.35 bits per heavy atom. The summed E-state index contributed by atoms with van der Waals surface area (Å²) in [7, 11) is 4.24. The second-order valence-electron chi connectivity index (χ2n) is 7.78. The molecule has 3 rings (SSSR count). The molecule has 1 atom stereocenters. The molecular formula is C26H28N4O7. The minimum atomic E-state index is -1.00. The summed E-state index contributed by atoms with van der Waals surface area (Å²) >= 11 is 0. The van der Waals surface area contributed by atoms with Gasteiger partial charge in [0.25, 0.3) is 5.91 Å². The van der Waals surface area contributed by atoms with E-state index >= 15 is 0 Å². The quantitative estimate of drug-likeness (QED) is 0.214. The molecule has 3 aromatic rings. The van der Waals surface area contributed by atoms with Crippen molar-refractivity contribution in [3.63, 3.8) is 0 Å². The molecule has 0 aliphatic rings. The molecule has 11 heteroatoms. The lowest BCUT2D eigenvalue weighted by atomic mass is 10.1. The zero-order chi connectivity index (χ0) is 26.8. The largest absolute Gasteiger partial charge is 0.493 e. The lowest BCUT2D eigenvalue weighted by molar-refractivity contribution is -0.119. The van der Waals surface area contributed by atoms with Crippen LogP contribution in [0.3, 0.4) is 0 Å². The molecule has 194 valence electrons. The topological polar surface area (TPSA) is 154 Å². The number of esters is 1. The van der Waals surface area contributed by atoms with Gasteiger partial charge in [-0.2, -0.15) is 0 Å². The number of guanidine groups is 1. The van der Waals surface area contributed by atoms with Crippen molar-refractivity contribution in [1.82, 2.24) is 5.32 Å². The Labute approximate surface area is 213 Å². The van der Waals surface area contributed by atoms with Crippen LogP contribution in [0.5, 0.6) is 11.5 Å². The first-order chi connectivity index (χ1) is 17.8. The highest BCUT2D eigenvalue weighted by Gasteiger charge is 2.22. The number of rotatable bonds is 10. The molecule has 11 nitrogen and oxygen atoms in total. The number of hydrogen-bond acceptors (Lipinski definition) is 8. The number of methoxy groups -OCH3 is 3. The number of nitrogens with two attached hydrogens (primary N) is 1. The molecule has 0 radical (unpaired) electrons. The van der Waals surface area contributed by atoms with Gasteiger partial charge in [-0.25, -0.2) is 9.79 Å². The van der Waals surface area contributed by atoms with E-state index in [4.69, 9.17) is 19.6 Å². The predicted molar refractivity (Wildman–Crippen MR) is 136 cm³/mol. The standard InChI is InChI=1S/C26H28N4O7/c1-34-19-10-9-17(14-21(19)35-2)15-22(31)29-26(27)28-18(13-16-7-5-4-6-8-16)24(32)30-23-12-11-20(37-23)25(33)36-3/h4-12,14,18H,13,15H2,1-3H3,(H,30,32)(H3,27,28,29,31). The van der Waals surface area contributed by atoms with Crippen molar-refractivity contribution in [3.8, 4) is 11.5 Å². The van der Waals surface area contributed by atoms with E-state index in [-0.39, 0.29) is 30.4 Å². The van der Waals surface area contributed by atoms with Crippen molar-refractivity contribution in [2.75, 3.05) is 26.6 Å². The molecule has 0 aliphatic heterocycles. The van der Waals surface area contributed by atoms with Gasteiger partial charge in [0.05, 0.1) is 27.8 Å². The Bertz CT molecular complexity index is 1270. The van der Waals surface area contributed by atoms with Crippen LogP contribution in [0.15, 0.2) is 70.1 Å². The lowest BCUT2D eigenvalue weighted by Gasteiger charge is -2.14. The van der Waals surface area contributed by atoms with Crippen molar-refractivity contribution < 1.29 is 33.0 Å². The fourth-order valence-corrected chi connectivity index (χ4v) is 3.42. The van der Waals surface area contributed by atoms with Gasteiger partial charge in [0.1, 0.15) is 6.04 Å².